The Morgan fingerprint density at radius 2 is 1.73 bits per heavy atom. The van der Waals surface area contributed by atoms with E-state index >= 15 is 0 Å². The van der Waals surface area contributed by atoms with Gasteiger partial charge in [0, 0.05) is 29.3 Å². The van der Waals surface area contributed by atoms with E-state index in [1.807, 2.05) is 12.1 Å². The lowest BCUT2D eigenvalue weighted by Gasteiger charge is -2.20. The molecular weight excluding hydrogens is 454 g/mol. The lowest BCUT2D eigenvalue weighted by atomic mass is 10.0. The maximum atomic E-state index is 12.6. The van der Waals surface area contributed by atoms with E-state index in [0.29, 0.717) is 5.56 Å². The molecule has 1 aromatic heterocycles. The Labute approximate surface area is 193 Å². The van der Waals surface area contributed by atoms with Gasteiger partial charge in [0.1, 0.15) is 12.1 Å². The van der Waals surface area contributed by atoms with Crippen molar-refractivity contribution >= 4 is 53.2 Å². The van der Waals surface area contributed by atoms with Crippen molar-refractivity contribution in [2.75, 3.05) is 12.3 Å². The number of amides is 3. The number of aromatic amines is 1. The number of aromatic nitrogens is 1. The summed E-state index contributed by atoms with van der Waals surface area (Å²) in [6.07, 6.45) is 0.763. The highest BCUT2D eigenvalue weighted by atomic mass is 32.1. The molecule has 178 valence electrons. The van der Waals surface area contributed by atoms with Crippen LogP contribution in [0.2, 0.25) is 0 Å². The van der Waals surface area contributed by atoms with Crippen LogP contribution in [0.15, 0.2) is 30.5 Å². The maximum Gasteiger partial charge on any atom is 0.326 e. The van der Waals surface area contributed by atoms with Crippen LogP contribution < -0.4 is 21.7 Å². The first-order chi connectivity index (χ1) is 15.6. The van der Waals surface area contributed by atoms with Crippen LogP contribution in [0.1, 0.15) is 12.0 Å². The molecule has 0 fully saturated rings. The number of carboxylic acids is 2. The number of thiol groups is 1. The monoisotopic (exact) mass is 479 g/mol. The summed E-state index contributed by atoms with van der Waals surface area (Å²) in [5, 5.41) is 26.1. The molecule has 0 aliphatic rings. The summed E-state index contributed by atoms with van der Waals surface area (Å²) in [5.41, 5.74) is 6.90. The zero-order chi connectivity index (χ0) is 24.5. The molecule has 3 atom stereocenters. The third-order valence-corrected chi connectivity index (χ3v) is 5.09. The molecule has 12 nitrogen and oxygen atoms in total. The number of nitrogens with two attached hydrogens (primary N) is 1. The van der Waals surface area contributed by atoms with Crippen LogP contribution in [0.4, 0.5) is 0 Å². The second-order valence-corrected chi connectivity index (χ2v) is 7.55. The van der Waals surface area contributed by atoms with Crippen molar-refractivity contribution in [3.63, 3.8) is 0 Å². The first-order valence-corrected chi connectivity index (χ1v) is 10.5. The number of carboxylic acid groups (broad SMARTS) is 2. The average Bonchev–Trinajstić information content (AvgIpc) is 3.18. The predicted molar refractivity (Wildman–Crippen MR) is 121 cm³/mol. The minimum absolute atomic E-state index is 0.0461. The zero-order valence-corrected chi connectivity index (χ0v) is 18.3. The summed E-state index contributed by atoms with van der Waals surface area (Å²) in [7, 11) is 0. The number of fused-ring (bicyclic) bond motifs is 1. The molecule has 0 saturated heterocycles. The Balaban J connectivity index is 2.06. The van der Waals surface area contributed by atoms with Crippen molar-refractivity contribution in [1.29, 1.82) is 0 Å². The molecule has 0 aliphatic heterocycles. The van der Waals surface area contributed by atoms with Gasteiger partial charge in [-0.05, 0) is 11.6 Å². The van der Waals surface area contributed by atoms with Gasteiger partial charge in [0.05, 0.1) is 19.0 Å². The second-order valence-electron chi connectivity index (χ2n) is 7.19. The van der Waals surface area contributed by atoms with E-state index < -0.39 is 60.8 Å². The first-order valence-electron chi connectivity index (χ1n) is 9.85. The largest absolute Gasteiger partial charge is 0.481 e. The second kappa shape index (κ2) is 11.9. The summed E-state index contributed by atoms with van der Waals surface area (Å²) in [5.74, 6) is -5.16. The molecular formula is C20H25N5O7S. The highest BCUT2D eigenvalue weighted by Crippen LogP contribution is 2.19. The number of benzene rings is 1. The number of hydrogen-bond acceptors (Lipinski definition) is 7. The van der Waals surface area contributed by atoms with Gasteiger partial charge < -0.3 is 36.9 Å². The van der Waals surface area contributed by atoms with E-state index in [2.05, 4.69) is 33.6 Å². The van der Waals surface area contributed by atoms with Crippen LogP contribution in [0, 0.1) is 0 Å². The average molecular weight is 480 g/mol. The lowest BCUT2D eigenvalue weighted by molar-refractivity contribution is -0.143. The van der Waals surface area contributed by atoms with Gasteiger partial charge in [-0.3, -0.25) is 19.2 Å². The first kappa shape index (κ1) is 25.7. The Morgan fingerprint density at radius 1 is 1.03 bits per heavy atom. The minimum Gasteiger partial charge on any atom is -0.481 e. The number of carbonyl (C=O) groups is 5. The van der Waals surface area contributed by atoms with Crippen LogP contribution in [-0.4, -0.2) is 75.3 Å². The van der Waals surface area contributed by atoms with E-state index in [9.17, 15) is 29.1 Å². The number of carbonyl (C=O) groups excluding carboxylic acids is 3. The van der Waals surface area contributed by atoms with Crippen LogP contribution in [0.25, 0.3) is 10.9 Å². The molecule has 0 saturated carbocycles. The minimum atomic E-state index is -1.56. The number of nitrogens with one attached hydrogen (secondary N) is 4. The molecule has 2 rings (SSSR count). The third-order valence-electron chi connectivity index (χ3n) is 4.70. The van der Waals surface area contributed by atoms with Crippen LogP contribution >= 0.6 is 12.6 Å². The van der Waals surface area contributed by atoms with Crippen molar-refractivity contribution < 1.29 is 34.2 Å². The van der Waals surface area contributed by atoms with E-state index in [0.717, 1.165) is 10.9 Å². The van der Waals surface area contributed by atoms with E-state index in [1.54, 1.807) is 18.3 Å². The Hall–Kier alpha value is -3.58. The van der Waals surface area contributed by atoms with Crippen molar-refractivity contribution in [3.05, 3.63) is 36.0 Å². The molecule has 1 heterocycles. The fourth-order valence-corrected chi connectivity index (χ4v) is 3.17. The summed E-state index contributed by atoms with van der Waals surface area (Å²) < 4.78 is 0. The van der Waals surface area contributed by atoms with Gasteiger partial charge >= 0.3 is 11.9 Å². The van der Waals surface area contributed by atoms with Gasteiger partial charge in [-0.1, -0.05) is 18.2 Å². The van der Waals surface area contributed by atoms with Gasteiger partial charge in [-0.25, -0.2) is 4.79 Å². The topological polar surface area (TPSA) is 204 Å². The van der Waals surface area contributed by atoms with Crippen LogP contribution in [-0.2, 0) is 30.4 Å². The fourth-order valence-electron chi connectivity index (χ4n) is 3.00. The number of rotatable bonds is 12. The van der Waals surface area contributed by atoms with Gasteiger partial charge in [0.2, 0.25) is 17.7 Å². The summed E-state index contributed by atoms with van der Waals surface area (Å²) >= 11 is 3.86. The SMILES string of the molecule is NC(CS)C(=O)NCC(=O)NC(CC(=O)O)C(=O)NC(Cc1c[nH]c2ccccc12)C(=O)O. The van der Waals surface area contributed by atoms with Gasteiger partial charge in [-0.15, -0.1) is 0 Å². The van der Waals surface area contributed by atoms with Crippen molar-refractivity contribution in [1.82, 2.24) is 20.9 Å². The maximum absolute atomic E-state index is 12.6. The predicted octanol–water partition coefficient (Wildman–Crippen LogP) is -1.39. The molecule has 0 aliphatic carbocycles. The lowest BCUT2D eigenvalue weighted by Crippen LogP contribution is -2.54. The fraction of sp³-hybridized carbons (Fsp3) is 0.350. The van der Waals surface area contributed by atoms with Gasteiger partial charge in [-0.2, -0.15) is 12.6 Å². The summed E-state index contributed by atoms with van der Waals surface area (Å²) in [6.45, 7) is -0.554. The van der Waals surface area contributed by atoms with Crippen LogP contribution in [0.5, 0.6) is 0 Å². The van der Waals surface area contributed by atoms with Gasteiger partial charge in [0.15, 0.2) is 0 Å². The zero-order valence-electron chi connectivity index (χ0n) is 17.4. The molecule has 8 N–H and O–H groups in total. The molecule has 0 bridgehead atoms. The van der Waals surface area contributed by atoms with E-state index in [-0.39, 0.29) is 12.2 Å². The number of aliphatic carboxylic acids is 2. The molecule has 33 heavy (non-hydrogen) atoms. The number of H-pyrrole nitrogens is 1. The Bertz CT molecular complexity index is 1040. The number of hydrogen-bond donors (Lipinski definition) is 8. The van der Waals surface area contributed by atoms with E-state index in [4.69, 9.17) is 10.8 Å². The summed E-state index contributed by atoms with van der Waals surface area (Å²) in [4.78, 5) is 62.3. The highest BCUT2D eigenvalue weighted by molar-refractivity contribution is 7.80. The molecule has 1 aromatic carbocycles. The van der Waals surface area contributed by atoms with Crippen molar-refractivity contribution in [2.24, 2.45) is 5.73 Å². The molecule has 3 amide bonds. The Morgan fingerprint density at radius 3 is 2.36 bits per heavy atom. The highest BCUT2D eigenvalue weighted by Gasteiger charge is 2.29. The number of para-hydroxylation sites is 1. The summed E-state index contributed by atoms with van der Waals surface area (Å²) in [6, 6.07) is 3.33. The quantitative estimate of drug-likeness (QED) is 0.170. The Kier molecular flexibility index (Phi) is 9.24. The molecule has 3 unspecified atom stereocenters. The standard InChI is InChI=1S/C20H25N5O7S/c21-12(9-33)18(29)23-8-16(26)24-14(6-17(27)28)19(30)25-15(20(31)32)5-10-7-22-13-4-2-1-3-11(10)13/h1-4,7,12,14-15,22,33H,5-6,8-9,21H2,(H,23,29)(H,24,26)(H,25,30)(H,27,28)(H,31,32). The third kappa shape index (κ3) is 7.50. The molecule has 0 spiro atoms. The molecule has 2 aromatic rings. The smallest absolute Gasteiger partial charge is 0.326 e. The van der Waals surface area contributed by atoms with Crippen molar-refractivity contribution in [2.45, 2.75) is 31.0 Å². The van der Waals surface area contributed by atoms with E-state index in [1.165, 1.54) is 0 Å². The normalized spacial score (nSPS) is 13.5. The molecule has 13 heteroatoms. The molecule has 0 radical (unpaired) electrons. The van der Waals surface area contributed by atoms with Crippen molar-refractivity contribution in [3.8, 4) is 0 Å². The van der Waals surface area contributed by atoms with Crippen LogP contribution in [0.3, 0.4) is 0 Å². The van der Waals surface area contributed by atoms with Gasteiger partial charge in [0.25, 0.3) is 0 Å².